The van der Waals surface area contributed by atoms with Gasteiger partial charge in [0.2, 0.25) is 10.0 Å². The van der Waals surface area contributed by atoms with Crippen LogP contribution in [-0.4, -0.2) is 52.6 Å². The molecule has 0 fully saturated rings. The molecule has 2 heterocycles. The number of nitrogens with one attached hydrogen (secondary N) is 1. The fourth-order valence-electron chi connectivity index (χ4n) is 2.81. The highest BCUT2D eigenvalue weighted by Crippen LogP contribution is 2.25. The van der Waals surface area contributed by atoms with Crippen molar-refractivity contribution in [2.45, 2.75) is 48.8 Å². The molecule has 0 amide bonds. The van der Waals surface area contributed by atoms with E-state index in [0.29, 0.717) is 35.9 Å². The summed E-state index contributed by atoms with van der Waals surface area (Å²) in [6.07, 6.45) is 0.918. The van der Waals surface area contributed by atoms with Crippen molar-refractivity contribution >= 4 is 33.4 Å². The van der Waals surface area contributed by atoms with Crippen LogP contribution in [0.4, 0.5) is 0 Å². The second-order valence-electron chi connectivity index (χ2n) is 6.79. The third-order valence-corrected chi connectivity index (χ3v) is 7.20. The Balaban J connectivity index is 1.69. The van der Waals surface area contributed by atoms with Gasteiger partial charge < -0.3 is 4.74 Å². The van der Waals surface area contributed by atoms with E-state index in [1.165, 1.54) is 11.8 Å². The highest BCUT2D eigenvalue weighted by Gasteiger charge is 2.21. The number of carbonyl (C=O) groups is 1. The smallest absolute Gasteiger partial charge is 0.319 e. The topological polar surface area (TPSA) is 116 Å². The summed E-state index contributed by atoms with van der Waals surface area (Å²) < 4.78 is 34.1. The molecule has 0 aliphatic carbocycles. The molecule has 2 aromatic heterocycles. The maximum Gasteiger partial charge on any atom is 0.319 e. The van der Waals surface area contributed by atoms with Crippen LogP contribution in [0.2, 0.25) is 0 Å². The van der Waals surface area contributed by atoms with Gasteiger partial charge in [0.1, 0.15) is 10.3 Å². The summed E-state index contributed by atoms with van der Waals surface area (Å²) >= 11 is 1.32. The third-order valence-electron chi connectivity index (χ3n) is 4.46. The number of nitrogens with zero attached hydrogens (tertiary/aromatic N) is 4. The maximum absolute atomic E-state index is 12.4. The first-order valence-electron chi connectivity index (χ1n) is 9.95. The standard InChI is InChI=1S/C20H25N5O4S2/c1-4-16(20(26)29-5-2)30-19-11-10-17-22-23-18(25(17)24-19)12-13-21-31(27,28)15-8-6-14(3)7-9-15/h6-11,16,21H,4-5,12-13H2,1-3H3/t16-/m0/s1. The van der Waals surface area contributed by atoms with Crippen LogP contribution in [0.5, 0.6) is 0 Å². The molecule has 3 rings (SSSR count). The number of rotatable bonds is 10. The summed E-state index contributed by atoms with van der Waals surface area (Å²) in [5, 5.41) is 13.0. The summed E-state index contributed by atoms with van der Waals surface area (Å²) in [5.74, 6) is 0.250. The fraction of sp³-hybridized carbons (Fsp3) is 0.400. The highest BCUT2D eigenvalue weighted by molar-refractivity contribution is 8.00. The summed E-state index contributed by atoms with van der Waals surface area (Å²) in [6, 6.07) is 10.2. The molecule has 11 heteroatoms. The van der Waals surface area contributed by atoms with Crippen LogP contribution in [-0.2, 0) is 26.0 Å². The van der Waals surface area contributed by atoms with Crippen molar-refractivity contribution in [1.29, 1.82) is 0 Å². The Morgan fingerprint density at radius 1 is 1.16 bits per heavy atom. The van der Waals surface area contributed by atoms with E-state index in [-0.39, 0.29) is 22.7 Å². The van der Waals surface area contributed by atoms with E-state index in [9.17, 15) is 13.2 Å². The molecule has 1 atom stereocenters. The van der Waals surface area contributed by atoms with Gasteiger partial charge in [0.25, 0.3) is 0 Å². The molecule has 1 N–H and O–H groups in total. The zero-order valence-electron chi connectivity index (χ0n) is 17.6. The lowest BCUT2D eigenvalue weighted by Crippen LogP contribution is -2.26. The Hall–Kier alpha value is -2.50. The van der Waals surface area contributed by atoms with Crippen LogP contribution in [0.3, 0.4) is 0 Å². The second-order valence-corrected chi connectivity index (χ2v) is 9.78. The number of ether oxygens (including phenoxy) is 1. The van der Waals surface area contributed by atoms with Gasteiger partial charge in [-0.15, -0.1) is 10.2 Å². The van der Waals surface area contributed by atoms with E-state index in [2.05, 4.69) is 20.0 Å². The minimum absolute atomic E-state index is 0.149. The first-order chi connectivity index (χ1) is 14.8. The number of aryl methyl sites for hydroxylation is 1. The number of carbonyl (C=O) groups excluding carboxylic acids is 1. The number of aromatic nitrogens is 4. The van der Waals surface area contributed by atoms with Crippen molar-refractivity contribution in [3.05, 3.63) is 47.8 Å². The Kier molecular flexibility index (Phi) is 7.63. The number of hydrogen-bond donors (Lipinski definition) is 1. The van der Waals surface area contributed by atoms with Gasteiger partial charge in [0, 0.05) is 13.0 Å². The number of benzene rings is 1. The normalized spacial score (nSPS) is 12.7. The molecule has 0 aliphatic rings. The average Bonchev–Trinajstić information content (AvgIpc) is 3.14. The van der Waals surface area contributed by atoms with E-state index in [0.717, 1.165) is 5.56 Å². The first-order valence-corrected chi connectivity index (χ1v) is 12.3. The monoisotopic (exact) mass is 463 g/mol. The highest BCUT2D eigenvalue weighted by atomic mass is 32.2. The molecule has 0 unspecified atom stereocenters. The molecule has 0 spiro atoms. The molecular formula is C20H25N5O4S2. The SMILES string of the molecule is CCOC(=O)[C@H](CC)Sc1ccc2nnc(CCNS(=O)(=O)c3ccc(C)cc3)n2n1. The Morgan fingerprint density at radius 2 is 1.90 bits per heavy atom. The lowest BCUT2D eigenvalue weighted by atomic mass is 10.2. The van der Waals surface area contributed by atoms with Crippen LogP contribution in [0.1, 0.15) is 31.7 Å². The van der Waals surface area contributed by atoms with Gasteiger partial charge in [-0.1, -0.05) is 36.4 Å². The van der Waals surface area contributed by atoms with E-state index in [1.54, 1.807) is 47.8 Å². The average molecular weight is 464 g/mol. The van der Waals surface area contributed by atoms with E-state index >= 15 is 0 Å². The van der Waals surface area contributed by atoms with Gasteiger partial charge in [-0.2, -0.15) is 9.61 Å². The van der Waals surface area contributed by atoms with Gasteiger partial charge in [-0.25, -0.2) is 13.1 Å². The van der Waals surface area contributed by atoms with Crippen LogP contribution < -0.4 is 4.72 Å². The van der Waals surface area contributed by atoms with Gasteiger partial charge in [0.15, 0.2) is 11.5 Å². The van der Waals surface area contributed by atoms with E-state index in [4.69, 9.17) is 4.74 Å². The number of thioether (sulfide) groups is 1. The number of esters is 1. The van der Waals surface area contributed by atoms with Gasteiger partial charge in [-0.05, 0) is 44.5 Å². The van der Waals surface area contributed by atoms with Crippen LogP contribution in [0, 0.1) is 6.92 Å². The van der Waals surface area contributed by atoms with Crippen molar-refractivity contribution in [2.75, 3.05) is 13.2 Å². The van der Waals surface area contributed by atoms with Crippen molar-refractivity contribution in [3.63, 3.8) is 0 Å². The van der Waals surface area contributed by atoms with Crippen molar-refractivity contribution in [1.82, 2.24) is 24.5 Å². The van der Waals surface area contributed by atoms with E-state index < -0.39 is 10.0 Å². The number of hydrogen-bond acceptors (Lipinski definition) is 8. The van der Waals surface area contributed by atoms with Crippen LogP contribution >= 0.6 is 11.8 Å². The summed E-state index contributed by atoms with van der Waals surface area (Å²) in [4.78, 5) is 12.3. The van der Waals surface area contributed by atoms with E-state index in [1.807, 2.05) is 13.8 Å². The van der Waals surface area contributed by atoms with Crippen molar-refractivity contribution in [2.24, 2.45) is 0 Å². The Labute approximate surface area is 185 Å². The van der Waals surface area contributed by atoms with Gasteiger partial charge in [-0.3, -0.25) is 4.79 Å². The number of sulfonamides is 1. The largest absolute Gasteiger partial charge is 0.465 e. The molecule has 9 nitrogen and oxygen atoms in total. The molecule has 0 saturated carbocycles. The Bertz CT molecular complexity index is 1150. The molecule has 0 aliphatic heterocycles. The third kappa shape index (κ3) is 5.81. The second kappa shape index (κ2) is 10.2. The molecule has 0 radical (unpaired) electrons. The summed E-state index contributed by atoms with van der Waals surface area (Å²) in [6.45, 7) is 6.07. The lowest BCUT2D eigenvalue weighted by molar-refractivity contribution is -0.142. The maximum atomic E-state index is 12.4. The molecule has 1 aromatic carbocycles. The van der Waals surface area contributed by atoms with Gasteiger partial charge >= 0.3 is 5.97 Å². The lowest BCUT2D eigenvalue weighted by Gasteiger charge is -2.12. The van der Waals surface area contributed by atoms with Crippen molar-refractivity contribution < 1.29 is 17.9 Å². The number of fused-ring (bicyclic) bond motifs is 1. The van der Waals surface area contributed by atoms with Crippen LogP contribution in [0.25, 0.3) is 5.65 Å². The van der Waals surface area contributed by atoms with Gasteiger partial charge in [0.05, 0.1) is 11.5 Å². The molecule has 31 heavy (non-hydrogen) atoms. The molecular weight excluding hydrogens is 438 g/mol. The predicted octanol–water partition coefficient (Wildman–Crippen LogP) is 2.39. The minimum atomic E-state index is -3.61. The predicted molar refractivity (Wildman–Crippen MR) is 117 cm³/mol. The molecule has 166 valence electrons. The minimum Gasteiger partial charge on any atom is -0.465 e. The fourth-order valence-corrected chi connectivity index (χ4v) is 4.74. The summed E-state index contributed by atoms with van der Waals surface area (Å²) in [5.41, 5.74) is 1.53. The quantitative estimate of drug-likeness (QED) is 0.360. The zero-order chi connectivity index (χ0) is 22.4. The Morgan fingerprint density at radius 3 is 2.58 bits per heavy atom. The molecule has 0 saturated heterocycles. The molecule has 3 aromatic rings. The van der Waals surface area contributed by atoms with Crippen molar-refractivity contribution in [3.8, 4) is 0 Å². The first kappa shape index (κ1) is 23.2. The summed E-state index contributed by atoms with van der Waals surface area (Å²) in [7, 11) is -3.61. The zero-order valence-corrected chi connectivity index (χ0v) is 19.2. The van der Waals surface area contributed by atoms with Crippen LogP contribution in [0.15, 0.2) is 46.3 Å². The molecule has 0 bridgehead atoms.